The zero-order valence-corrected chi connectivity index (χ0v) is 18.1. The van der Waals surface area contributed by atoms with Crippen molar-refractivity contribution in [2.24, 2.45) is 0 Å². The van der Waals surface area contributed by atoms with E-state index in [0.29, 0.717) is 17.1 Å². The van der Waals surface area contributed by atoms with Crippen molar-refractivity contribution in [1.29, 1.82) is 0 Å². The van der Waals surface area contributed by atoms with Crippen LogP contribution in [0.5, 0.6) is 0 Å². The number of fused-ring (bicyclic) bond motifs is 1. The molecule has 1 aliphatic rings. The monoisotopic (exact) mass is 419 g/mol. The van der Waals surface area contributed by atoms with Crippen LogP contribution in [-0.4, -0.2) is 33.1 Å². The lowest BCUT2D eigenvalue weighted by Gasteiger charge is -2.31. The molecule has 1 amide bonds. The van der Waals surface area contributed by atoms with Gasteiger partial charge in [-0.05, 0) is 47.9 Å². The van der Waals surface area contributed by atoms with Crippen LogP contribution in [0.4, 0.5) is 11.4 Å². The first-order valence-corrected chi connectivity index (χ1v) is 10.6. The largest absolute Gasteiger partial charge is 0.378 e. The maximum absolute atomic E-state index is 12.8. The van der Waals surface area contributed by atoms with E-state index < -0.39 is 0 Å². The van der Waals surface area contributed by atoms with Gasteiger partial charge in [-0.1, -0.05) is 54.1 Å². The van der Waals surface area contributed by atoms with Crippen LogP contribution in [0.3, 0.4) is 0 Å². The Morgan fingerprint density at radius 3 is 2.47 bits per heavy atom. The number of nitrogens with zero attached hydrogens (tertiary/aromatic N) is 2. The molecule has 0 aliphatic carbocycles. The minimum absolute atomic E-state index is 0.0382. The third-order valence-electron chi connectivity index (χ3n) is 5.67. The molecule has 30 heavy (non-hydrogen) atoms. The van der Waals surface area contributed by atoms with Gasteiger partial charge in [-0.3, -0.25) is 4.79 Å². The molecule has 4 nitrogen and oxygen atoms in total. The number of benzene rings is 3. The van der Waals surface area contributed by atoms with E-state index >= 15 is 0 Å². The molecule has 0 fully saturated rings. The van der Waals surface area contributed by atoms with Gasteiger partial charge in [-0.25, -0.2) is 0 Å². The van der Waals surface area contributed by atoms with Crippen LogP contribution in [0.1, 0.15) is 27.5 Å². The lowest BCUT2D eigenvalue weighted by Crippen LogP contribution is -2.37. The van der Waals surface area contributed by atoms with Crippen molar-refractivity contribution in [1.82, 2.24) is 5.32 Å². The fourth-order valence-corrected chi connectivity index (χ4v) is 4.24. The topological polar surface area (TPSA) is 35.6 Å². The van der Waals surface area contributed by atoms with Crippen LogP contribution < -0.4 is 15.1 Å². The van der Waals surface area contributed by atoms with E-state index in [1.54, 1.807) is 12.1 Å². The van der Waals surface area contributed by atoms with Crippen molar-refractivity contribution in [3.8, 4) is 0 Å². The van der Waals surface area contributed by atoms with Crippen LogP contribution in [0.25, 0.3) is 0 Å². The Bertz CT molecular complexity index is 1030. The predicted octanol–water partition coefficient (Wildman–Crippen LogP) is 4.94. The van der Waals surface area contributed by atoms with E-state index in [-0.39, 0.29) is 11.9 Å². The highest BCUT2D eigenvalue weighted by Crippen LogP contribution is 2.35. The van der Waals surface area contributed by atoms with Gasteiger partial charge >= 0.3 is 0 Å². The van der Waals surface area contributed by atoms with Crippen LogP contribution in [0.2, 0.25) is 5.02 Å². The van der Waals surface area contributed by atoms with E-state index in [4.69, 9.17) is 11.6 Å². The van der Waals surface area contributed by atoms with Gasteiger partial charge in [0.15, 0.2) is 0 Å². The average Bonchev–Trinajstić information content (AvgIpc) is 3.18. The van der Waals surface area contributed by atoms with Gasteiger partial charge < -0.3 is 15.1 Å². The van der Waals surface area contributed by atoms with E-state index in [1.807, 2.05) is 26.2 Å². The molecule has 0 unspecified atom stereocenters. The highest BCUT2D eigenvalue weighted by molar-refractivity contribution is 6.33. The van der Waals surface area contributed by atoms with Crippen LogP contribution in [0, 0.1) is 0 Å². The summed E-state index contributed by atoms with van der Waals surface area (Å²) in [7, 11) is 4.07. The third kappa shape index (κ3) is 4.14. The van der Waals surface area contributed by atoms with Crippen molar-refractivity contribution < 1.29 is 4.79 Å². The zero-order chi connectivity index (χ0) is 21.1. The average molecular weight is 420 g/mol. The summed E-state index contributed by atoms with van der Waals surface area (Å²) in [6.07, 6.45) is 1.01. The molecule has 0 saturated heterocycles. The first-order chi connectivity index (χ1) is 14.5. The van der Waals surface area contributed by atoms with Gasteiger partial charge in [0.2, 0.25) is 0 Å². The highest BCUT2D eigenvalue weighted by Gasteiger charge is 2.27. The molecule has 3 aromatic carbocycles. The van der Waals surface area contributed by atoms with Crippen LogP contribution in [-0.2, 0) is 6.42 Å². The summed E-state index contributed by atoms with van der Waals surface area (Å²) in [6.45, 7) is 1.43. The summed E-state index contributed by atoms with van der Waals surface area (Å²) >= 11 is 6.22. The molecule has 1 heterocycles. The number of hydrogen-bond acceptors (Lipinski definition) is 3. The summed E-state index contributed by atoms with van der Waals surface area (Å²) in [4.78, 5) is 17.3. The number of rotatable bonds is 6. The standard InChI is InChI=1S/C25H26ClN3O/c1-28(2)20-13-11-19(12-14-20)24(29-16-15-18-7-3-6-10-23(18)29)17-27-25(30)21-8-4-5-9-22(21)26/h3-14,24H,15-17H2,1-2H3,(H,27,30)/t24-/m0/s1. The lowest BCUT2D eigenvalue weighted by molar-refractivity contribution is 0.0951. The first-order valence-electron chi connectivity index (χ1n) is 10.2. The molecule has 1 atom stereocenters. The Kier molecular flexibility index (Phi) is 5.96. The minimum atomic E-state index is -0.150. The summed E-state index contributed by atoms with van der Waals surface area (Å²) in [6, 6.07) is 24.3. The first kappa shape index (κ1) is 20.3. The Hall–Kier alpha value is -2.98. The van der Waals surface area contributed by atoms with Crippen molar-refractivity contribution >= 4 is 28.9 Å². The van der Waals surface area contributed by atoms with Crippen LogP contribution >= 0.6 is 11.6 Å². The number of halogens is 1. The van der Waals surface area contributed by atoms with Gasteiger partial charge in [0.25, 0.3) is 5.91 Å². The third-order valence-corrected chi connectivity index (χ3v) is 6.00. The number of anilines is 2. The molecule has 3 aromatic rings. The molecule has 0 radical (unpaired) electrons. The summed E-state index contributed by atoms with van der Waals surface area (Å²) in [5.41, 5.74) is 5.43. The normalized spacial score (nSPS) is 13.6. The highest BCUT2D eigenvalue weighted by atomic mass is 35.5. The Labute approximate surface area is 183 Å². The molecule has 5 heteroatoms. The molecule has 1 aliphatic heterocycles. The summed E-state index contributed by atoms with van der Waals surface area (Å²) in [5.74, 6) is -0.150. The fourth-order valence-electron chi connectivity index (χ4n) is 4.02. The maximum atomic E-state index is 12.8. The number of amides is 1. The molecule has 0 aromatic heterocycles. The number of carbonyl (C=O) groups is 1. The lowest BCUT2D eigenvalue weighted by atomic mass is 10.0. The minimum Gasteiger partial charge on any atom is -0.378 e. The number of hydrogen-bond donors (Lipinski definition) is 1. The van der Waals surface area contributed by atoms with E-state index in [9.17, 15) is 4.79 Å². The van der Waals surface area contributed by atoms with Crippen LogP contribution in [0.15, 0.2) is 72.8 Å². The van der Waals surface area contributed by atoms with E-state index in [1.165, 1.54) is 16.8 Å². The second-order valence-corrected chi connectivity index (χ2v) is 8.17. The molecular formula is C25H26ClN3O. The Morgan fingerprint density at radius 1 is 1.03 bits per heavy atom. The molecule has 154 valence electrons. The van der Waals surface area contributed by atoms with Crippen molar-refractivity contribution in [2.75, 3.05) is 37.0 Å². The quantitative estimate of drug-likeness (QED) is 0.614. The van der Waals surface area contributed by atoms with E-state index in [0.717, 1.165) is 18.7 Å². The molecule has 0 bridgehead atoms. The van der Waals surface area contributed by atoms with Crippen molar-refractivity contribution in [3.05, 3.63) is 94.5 Å². The number of para-hydroxylation sites is 1. The van der Waals surface area contributed by atoms with Gasteiger partial charge in [0.1, 0.15) is 0 Å². The van der Waals surface area contributed by atoms with Gasteiger partial charge in [0, 0.05) is 38.6 Å². The number of nitrogens with one attached hydrogen (secondary N) is 1. The smallest absolute Gasteiger partial charge is 0.252 e. The predicted molar refractivity (Wildman–Crippen MR) is 125 cm³/mol. The Balaban J connectivity index is 1.61. The van der Waals surface area contributed by atoms with Crippen molar-refractivity contribution in [3.63, 3.8) is 0 Å². The zero-order valence-electron chi connectivity index (χ0n) is 17.3. The molecular weight excluding hydrogens is 394 g/mol. The number of carbonyl (C=O) groups excluding carboxylic acids is 1. The van der Waals surface area contributed by atoms with E-state index in [2.05, 4.69) is 63.6 Å². The SMILES string of the molecule is CN(C)c1ccc([C@H](CNC(=O)c2ccccc2Cl)N2CCc3ccccc32)cc1. The van der Waals surface area contributed by atoms with Gasteiger partial charge in [0.05, 0.1) is 16.6 Å². The second-order valence-electron chi connectivity index (χ2n) is 7.76. The molecule has 0 spiro atoms. The second kappa shape index (κ2) is 8.80. The Morgan fingerprint density at radius 2 is 1.73 bits per heavy atom. The van der Waals surface area contributed by atoms with Crippen molar-refractivity contribution in [2.45, 2.75) is 12.5 Å². The van der Waals surface area contributed by atoms with Gasteiger partial charge in [-0.2, -0.15) is 0 Å². The molecule has 1 N–H and O–H groups in total. The molecule has 4 rings (SSSR count). The molecule has 0 saturated carbocycles. The summed E-state index contributed by atoms with van der Waals surface area (Å²) in [5, 5.41) is 3.57. The summed E-state index contributed by atoms with van der Waals surface area (Å²) < 4.78 is 0. The maximum Gasteiger partial charge on any atom is 0.252 e. The van der Waals surface area contributed by atoms with Gasteiger partial charge in [-0.15, -0.1) is 0 Å². The fraction of sp³-hybridized carbons (Fsp3) is 0.240.